The van der Waals surface area contributed by atoms with Crippen molar-refractivity contribution in [3.8, 4) is 0 Å². The molecule has 2 aromatic rings. The van der Waals surface area contributed by atoms with E-state index >= 15 is 0 Å². The average molecular weight is 577 g/mol. The number of guanidine groups is 1. The number of halogens is 2. The lowest BCUT2D eigenvalue weighted by atomic mass is 10.2. The quantitative estimate of drug-likeness (QED) is 0.301. The number of aromatic nitrogens is 1. The molecule has 1 fully saturated rings. The Morgan fingerprint density at radius 2 is 1.90 bits per heavy atom. The highest BCUT2D eigenvalue weighted by Gasteiger charge is 2.21. The molecule has 0 radical (unpaired) electrons. The number of hydrogen-bond donors (Lipinski definition) is 2. The van der Waals surface area contributed by atoms with Crippen LogP contribution in [-0.2, 0) is 17.6 Å². The molecule has 1 saturated heterocycles. The van der Waals surface area contributed by atoms with Gasteiger partial charge in [0.25, 0.3) is 0 Å². The van der Waals surface area contributed by atoms with Gasteiger partial charge in [-0.2, -0.15) is 0 Å². The molecule has 0 atom stereocenters. The van der Waals surface area contributed by atoms with E-state index in [1.165, 1.54) is 4.88 Å². The molecule has 10 heteroatoms. The van der Waals surface area contributed by atoms with Crippen molar-refractivity contribution in [1.82, 2.24) is 20.5 Å². The lowest BCUT2D eigenvalue weighted by Crippen LogP contribution is -2.52. The fourth-order valence-corrected chi connectivity index (χ4v) is 4.26. The van der Waals surface area contributed by atoms with Crippen LogP contribution in [0.3, 0.4) is 0 Å². The molecule has 0 spiro atoms. The largest absolute Gasteiger partial charge is 0.368 e. The number of aliphatic imine (C=N–C) groups is 1. The van der Waals surface area contributed by atoms with Gasteiger partial charge >= 0.3 is 0 Å². The van der Waals surface area contributed by atoms with E-state index in [-0.39, 0.29) is 36.4 Å². The van der Waals surface area contributed by atoms with Crippen molar-refractivity contribution < 1.29 is 4.79 Å². The molecule has 31 heavy (non-hydrogen) atoms. The van der Waals surface area contributed by atoms with E-state index in [0.717, 1.165) is 48.2 Å². The maximum absolute atomic E-state index is 12.6. The smallest absolute Gasteiger partial charge is 0.242 e. The van der Waals surface area contributed by atoms with Gasteiger partial charge in [0.1, 0.15) is 0 Å². The van der Waals surface area contributed by atoms with Crippen molar-refractivity contribution in [2.45, 2.75) is 19.8 Å². The SMILES string of the molecule is CCc1cnc(CCNC(=NC)NCC(=O)N2CCN(c3ccc(Cl)cc3)CC2)s1.I. The van der Waals surface area contributed by atoms with E-state index in [2.05, 4.69) is 32.4 Å². The molecule has 1 amide bonds. The minimum atomic E-state index is 0. The van der Waals surface area contributed by atoms with Gasteiger partial charge in [-0.15, -0.1) is 35.3 Å². The van der Waals surface area contributed by atoms with Crippen molar-refractivity contribution >= 4 is 64.5 Å². The summed E-state index contributed by atoms with van der Waals surface area (Å²) in [5.41, 5.74) is 1.14. The Hall–Kier alpha value is -1.59. The molecule has 2 N–H and O–H groups in total. The van der Waals surface area contributed by atoms with E-state index in [9.17, 15) is 4.79 Å². The number of thiazole rings is 1. The fraction of sp³-hybridized carbons (Fsp3) is 0.476. The van der Waals surface area contributed by atoms with Crippen LogP contribution in [0.2, 0.25) is 5.02 Å². The summed E-state index contributed by atoms with van der Waals surface area (Å²) in [5, 5.41) is 8.22. The molecule has 1 aromatic heterocycles. The molecular formula is C21H30ClIN6OS. The van der Waals surface area contributed by atoms with Crippen LogP contribution in [0.5, 0.6) is 0 Å². The number of benzene rings is 1. The topological polar surface area (TPSA) is 72.9 Å². The predicted molar refractivity (Wildman–Crippen MR) is 140 cm³/mol. The fourth-order valence-electron chi connectivity index (χ4n) is 3.27. The van der Waals surface area contributed by atoms with E-state index in [1.807, 2.05) is 35.4 Å². The van der Waals surface area contributed by atoms with E-state index < -0.39 is 0 Å². The van der Waals surface area contributed by atoms with Gasteiger partial charge in [-0.3, -0.25) is 9.79 Å². The summed E-state index contributed by atoms with van der Waals surface area (Å²) < 4.78 is 0. The third kappa shape index (κ3) is 7.80. The Kier molecular flexibility index (Phi) is 10.8. The highest BCUT2D eigenvalue weighted by molar-refractivity contribution is 14.0. The maximum Gasteiger partial charge on any atom is 0.242 e. The van der Waals surface area contributed by atoms with Crippen molar-refractivity contribution in [2.75, 3.05) is 51.2 Å². The van der Waals surface area contributed by atoms with E-state index in [0.29, 0.717) is 19.0 Å². The van der Waals surface area contributed by atoms with Crippen molar-refractivity contribution in [3.63, 3.8) is 0 Å². The second-order valence-corrected chi connectivity index (χ2v) is 8.66. The van der Waals surface area contributed by atoms with E-state index in [4.69, 9.17) is 11.6 Å². The van der Waals surface area contributed by atoms with Gasteiger partial charge in [-0.1, -0.05) is 18.5 Å². The number of piperazine rings is 1. The number of rotatable bonds is 7. The molecule has 1 aliphatic rings. The number of nitrogens with zero attached hydrogens (tertiary/aromatic N) is 4. The third-order valence-corrected chi connectivity index (χ3v) is 6.49. The van der Waals surface area contributed by atoms with Crippen LogP contribution in [0, 0.1) is 0 Å². The third-order valence-electron chi connectivity index (χ3n) is 5.04. The summed E-state index contributed by atoms with van der Waals surface area (Å²) in [7, 11) is 1.71. The van der Waals surface area contributed by atoms with Crippen LogP contribution in [0.1, 0.15) is 16.8 Å². The standard InChI is InChI=1S/C21H29ClN6OS.HI/c1-3-18-14-25-19(30-18)8-9-24-21(23-2)26-15-20(29)28-12-10-27(11-13-28)17-6-4-16(22)5-7-17;/h4-7,14H,3,8-13,15H2,1-2H3,(H2,23,24,26);1H. The van der Waals surface area contributed by atoms with Crippen LogP contribution in [-0.4, -0.2) is 68.1 Å². The second kappa shape index (κ2) is 13.1. The van der Waals surface area contributed by atoms with Gasteiger partial charge < -0.3 is 20.4 Å². The minimum absolute atomic E-state index is 0. The molecule has 0 bridgehead atoms. The van der Waals surface area contributed by atoms with Gasteiger partial charge in [-0.25, -0.2) is 4.98 Å². The zero-order valence-electron chi connectivity index (χ0n) is 17.9. The monoisotopic (exact) mass is 576 g/mol. The number of nitrogens with one attached hydrogen (secondary N) is 2. The average Bonchev–Trinajstić information content (AvgIpc) is 3.24. The number of amides is 1. The van der Waals surface area contributed by atoms with Crippen LogP contribution in [0.4, 0.5) is 5.69 Å². The summed E-state index contributed by atoms with van der Waals surface area (Å²) in [4.78, 5) is 26.7. The van der Waals surface area contributed by atoms with Gasteiger partial charge in [0.15, 0.2) is 5.96 Å². The summed E-state index contributed by atoms with van der Waals surface area (Å²) in [6.45, 7) is 6.14. The molecule has 1 aliphatic heterocycles. The van der Waals surface area contributed by atoms with Gasteiger partial charge in [-0.05, 0) is 30.7 Å². The molecule has 0 saturated carbocycles. The highest BCUT2D eigenvalue weighted by Crippen LogP contribution is 2.19. The van der Waals surface area contributed by atoms with Gasteiger partial charge in [0, 0.05) is 68.0 Å². The second-order valence-electron chi connectivity index (χ2n) is 7.02. The normalized spacial score (nSPS) is 14.2. The summed E-state index contributed by atoms with van der Waals surface area (Å²) in [6.07, 6.45) is 3.80. The minimum Gasteiger partial charge on any atom is -0.368 e. The zero-order valence-corrected chi connectivity index (χ0v) is 21.8. The Labute approximate surface area is 210 Å². The molecular weight excluding hydrogens is 547 g/mol. The maximum atomic E-state index is 12.6. The lowest BCUT2D eigenvalue weighted by Gasteiger charge is -2.36. The van der Waals surface area contributed by atoms with Gasteiger partial charge in [0.05, 0.1) is 11.6 Å². The molecule has 2 heterocycles. The van der Waals surface area contributed by atoms with Crippen molar-refractivity contribution in [2.24, 2.45) is 4.99 Å². The lowest BCUT2D eigenvalue weighted by molar-refractivity contribution is -0.130. The first-order chi connectivity index (χ1) is 14.6. The van der Waals surface area contributed by atoms with E-state index in [1.54, 1.807) is 18.4 Å². The molecule has 170 valence electrons. The number of aryl methyl sites for hydroxylation is 1. The summed E-state index contributed by atoms with van der Waals surface area (Å²) in [6, 6.07) is 7.83. The summed E-state index contributed by atoms with van der Waals surface area (Å²) in [5.74, 6) is 0.719. The highest BCUT2D eigenvalue weighted by atomic mass is 127. The van der Waals surface area contributed by atoms with Crippen LogP contribution < -0.4 is 15.5 Å². The summed E-state index contributed by atoms with van der Waals surface area (Å²) >= 11 is 7.71. The zero-order chi connectivity index (χ0) is 21.3. The Balaban J connectivity index is 0.00000341. The Morgan fingerprint density at radius 3 is 2.52 bits per heavy atom. The molecule has 0 unspecified atom stereocenters. The van der Waals surface area contributed by atoms with Crippen molar-refractivity contribution in [1.29, 1.82) is 0 Å². The number of carbonyl (C=O) groups is 1. The predicted octanol–water partition coefficient (Wildman–Crippen LogP) is 3.03. The first-order valence-electron chi connectivity index (χ1n) is 10.3. The number of hydrogen-bond acceptors (Lipinski definition) is 5. The first kappa shape index (κ1) is 25.7. The number of carbonyl (C=O) groups excluding carboxylic acids is 1. The molecule has 1 aromatic carbocycles. The number of anilines is 1. The Morgan fingerprint density at radius 1 is 1.19 bits per heavy atom. The van der Waals surface area contributed by atoms with Crippen LogP contribution >= 0.6 is 46.9 Å². The van der Waals surface area contributed by atoms with Crippen LogP contribution in [0.15, 0.2) is 35.5 Å². The Bertz CT molecular complexity index is 852. The molecule has 7 nitrogen and oxygen atoms in total. The molecule has 3 rings (SSSR count). The van der Waals surface area contributed by atoms with Crippen molar-refractivity contribution in [3.05, 3.63) is 45.4 Å². The molecule has 0 aliphatic carbocycles. The van der Waals surface area contributed by atoms with Gasteiger partial charge in [0.2, 0.25) is 5.91 Å². The first-order valence-corrected chi connectivity index (χ1v) is 11.4. The van der Waals surface area contributed by atoms with Crippen LogP contribution in [0.25, 0.3) is 0 Å².